The van der Waals surface area contributed by atoms with E-state index in [2.05, 4.69) is 19.9 Å². The smallest absolute Gasteiger partial charge is 0.278 e. The van der Waals surface area contributed by atoms with Gasteiger partial charge in [0.2, 0.25) is 5.95 Å². The van der Waals surface area contributed by atoms with E-state index >= 15 is 0 Å². The molecule has 3 aromatic rings. The molecule has 3 rings (SSSR count). The van der Waals surface area contributed by atoms with Gasteiger partial charge in [0, 0.05) is 13.6 Å². The molecule has 0 bridgehead atoms. The summed E-state index contributed by atoms with van der Waals surface area (Å²) < 4.78 is 0. The number of rotatable bonds is 3. The number of H-pyrrole nitrogens is 2. The summed E-state index contributed by atoms with van der Waals surface area (Å²) in [5.74, 6) is 0.508. The maximum absolute atomic E-state index is 11.8. The van der Waals surface area contributed by atoms with Crippen molar-refractivity contribution >= 4 is 17.1 Å². The van der Waals surface area contributed by atoms with Gasteiger partial charge in [0.05, 0.1) is 6.33 Å². The molecule has 6 nitrogen and oxygen atoms in total. The predicted octanol–water partition coefficient (Wildman–Crippen LogP) is 1.28. The molecule has 19 heavy (non-hydrogen) atoms. The molecule has 6 heteroatoms. The van der Waals surface area contributed by atoms with Crippen LogP contribution >= 0.6 is 0 Å². The lowest BCUT2D eigenvalue weighted by atomic mass is 10.2. The lowest BCUT2D eigenvalue weighted by Crippen LogP contribution is -2.22. The first kappa shape index (κ1) is 11.5. The quantitative estimate of drug-likeness (QED) is 0.739. The average molecular weight is 255 g/mol. The van der Waals surface area contributed by atoms with Crippen LogP contribution in [0, 0.1) is 0 Å². The zero-order valence-corrected chi connectivity index (χ0v) is 10.4. The van der Waals surface area contributed by atoms with Crippen molar-refractivity contribution in [2.24, 2.45) is 0 Å². The summed E-state index contributed by atoms with van der Waals surface area (Å²) in [7, 11) is 1.88. The molecule has 0 amide bonds. The minimum absolute atomic E-state index is 0.211. The van der Waals surface area contributed by atoms with Crippen LogP contribution in [0.4, 0.5) is 5.95 Å². The van der Waals surface area contributed by atoms with Gasteiger partial charge in [-0.05, 0) is 5.56 Å². The molecule has 0 unspecified atom stereocenters. The highest BCUT2D eigenvalue weighted by Crippen LogP contribution is 2.10. The van der Waals surface area contributed by atoms with Crippen LogP contribution in [0.3, 0.4) is 0 Å². The molecule has 0 aliphatic heterocycles. The summed E-state index contributed by atoms with van der Waals surface area (Å²) in [5.41, 5.74) is 1.77. The van der Waals surface area contributed by atoms with Crippen LogP contribution in [0.5, 0.6) is 0 Å². The highest BCUT2D eigenvalue weighted by Gasteiger charge is 2.09. The number of hydrogen-bond donors (Lipinski definition) is 2. The van der Waals surface area contributed by atoms with Crippen molar-refractivity contribution in [3.63, 3.8) is 0 Å². The first-order valence-electron chi connectivity index (χ1n) is 5.92. The minimum Gasteiger partial charge on any atom is -0.341 e. The molecule has 2 heterocycles. The van der Waals surface area contributed by atoms with Crippen LogP contribution in [0.1, 0.15) is 5.56 Å². The van der Waals surface area contributed by atoms with Crippen LogP contribution in [0.25, 0.3) is 11.2 Å². The molecule has 0 saturated heterocycles. The summed E-state index contributed by atoms with van der Waals surface area (Å²) in [5, 5.41) is 0. The summed E-state index contributed by atoms with van der Waals surface area (Å²) in [4.78, 5) is 27.6. The number of aromatic amines is 2. The van der Waals surface area contributed by atoms with Crippen LogP contribution in [-0.2, 0) is 6.54 Å². The van der Waals surface area contributed by atoms with Gasteiger partial charge in [-0.1, -0.05) is 30.3 Å². The Morgan fingerprint density at radius 2 is 2.05 bits per heavy atom. The Balaban J connectivity index is 1.93. The van der Waals surface area contributed by atoms with E-state index in [-0.39, 0.29) is 5.56 Å². The van der Waals surface area contributed by atoms with Crippen molar-refractivity contribution in [2.75, 3.05) is 11.9 Å². The Morgan fingerprint density at radius 1 is 1.26 bits per heavy atom. The van der Waals surface area contributed by atoms with Gasteiger partial charge in [-0.25, -0.2) is 4.98 Å². The number of nitrogens with one attached hydrogen (secondary N) is 2. The number of fused-ring (bicyclic) bond motifs is 1. The molecule has 0 fully saturated rings. The van der Waals surface area contributed by atoms with E-state index in [1.807, 2.05) is 42.3 Å². The molecule has 0 spiro atoms. The van der Waals surface area contributed by atoms with Gasteiger partial charge >= 0.3 is 0 Å². The average Bonchev–Trinajstić information content (AvgIpc) is 2.88. The molecule has 0 aliphatic rings. The molecular weight excluding hydrogens is 242 g/mol. The van der Waals surface area contributed by atoms with Crippen molar-refractivity contribution in [1.82, 2.24) is 19.9 Å². The lowest BCUT2D eigenvalue weighted by molar-refractivity contribution is 0.867. The summed E-state index contributed by atoms with van der Waals surface area (Å²) >= 11 is 0. The van der Waals surface area contributed by atoms with E-state index in [4.69, 9.17) is 0 Å². The predicted molar refractivity (Wildman–Crippen MR) is 73.1 cm³/mol. The number of benzene rings is 1. The largest absolute Gasteiger partial charge is 0.341 e. The summed E-state index contributed by atoms with van der Waals surface area (Å²) in [6.07, 6.45) is 1.47. The molecule has 0 radical (unpaired) electrons. The third kappa shape index (κ3) is 2.20. The fourth-order valence-corrected chi connectivity index (χ4v) is 1.94. The zero-order valence-electron chi connectivity index (χ0n) is 10.4. The zero-order chi connectivity index (χ0) is 13.2. The van der Waals surface area contributed by atoms with E-state index in [9.17, 15) is 4.79 Å². The number of nitrogens with zero attached hydrogens (tertiary/aromatic N) is 3. The van der Waals surface area contributed by atoms with Crippen LogP contribution in [0.2, 0.25) is 0 Å². The Morgan fingerprint density at radius 3 is 2.84 bits per heavy atom. The Labute approximate surface area is 109 Å². The first-order chi connectivity index (χ1) is 9.24. The van der Waals surface area contributed by atoms with Gasteiger partial charge < -0.3 is 9.88 Å². The molecular formula is C13H13N5O. The van der Waals surface area contributed by atoms with E-state index in [0.29, 0.717) is 23.7 Å². The van der Waals surface area contributed by atoms with E-state index < -0.39 is 0 Å². The van der Waals surface area contributed by atoms with E-state index in [0.717, 1.165) is 5.56 Å². The topological polar surface area (TPSA) is 77.7 Å². The fourth-order valence-electron chi connectivity index (χ4n) is 1.94. The molecule has 0 saturated carbocycles. The normalized spacial score (nSPS) is 10.8. The molecule has 2 aromatic heterocycles. The maximum Gasteiger partial charge on any atom is 0.278 e. The third-order valence-electron chi connectivity index (χ3n) is 2.91. The standard InChI is InChI=1S/C13H13N5O/c1-18(7-9-5-3-2-4-6-9)13-16-11-10(12(19)17-13)14-8-15-11/h2-6,8H,7H2,1H3,(H2,14,15,16,17,19). The fraction of sp³-hybridized carbons (Fsp3) is 0.154. The molecule has 0 atom stereocenters. The summed E-state index contributed by atoms with van der Waals surface area (Å²) in [6.45, 7) is 0.666. The number of imidazole rings is 1. The van der Waals surface area contributed by atoms with Gasteiger partial charge in [0.1, 0.15) is 0 Å². The monoisotopic (exact) mass is 255 g/mol. The van der Waals surface area contributed by atoms with Crippen molar-refractivity contribution in [2.45, 2.75) is 6.54 Å². The van der Waals surface area contributed by atoms with Crippen LogP contribution in [0.15, 0.2) is 41.5 Å². The Kier molecular flexibility index (Phi) is 2.75. The number of hydrogen-bond acceptors (Lipinski definition) is 4. The molecule has 2 N–H and O–H groups in total. The highest BCUT2D eigenvalue weighted by molar-refractivity contribution is 5.69. The number of aromatic nitrogens is 4. The first-order valence-corrected chi connectivity index (χ1v) is 5.92. The molecule has 0 aliphatic carbocycles. The highest BCUT2D eigenvalue weighted by atomic mass is 16.1. The lowest BCUT2D eigenvalue weighted by Gasteiger charge is -2.17. The minimum atomic E-state index is -0.211. The third-order valence-corrected chi connectivity index (χ3v) is 2.91. The number of anilines is 1. The second kappa shape index (κ2) is 4.56. The van der Waals surface area contributed by atoms with Gasteiger partial charge in [-0.3, -0.25) is 9.78 Å². The Bertz CT molecular complexity index is 746. The molecule has 1 aromatic carbocycles. The van der Waals surface area contributed by atoms with Gasteiger partial charge in [0.25, 0.3) is 5.56 Å². The van der Waals surface area contributed by atoms with Crippen LogP contribution < -0.4 is 10.5 Å². The van der Waals surface area contributed by atoms with Crippen molar-refractivity contribution < 1.29 is 0 Å². The SMILES string of the molecule is CN(Cc1ccccc1)c1nc2nc[nH]c2c(=O)[nH]1. The van der Waals surface area contributed by atoms with Crippen molar-refractivity contribution in [1.29, 1.82) is 0 Å². The van der Waals surface area contributed by atoms with Gasteiger partial charge in [-0.15, -0.1) is 0 Å². The summed E-state index contributed by atoms with van der Waals surface area (Å²) in [6, 6.07) is 10.00. The van der Waals surface area contributed by atoms with Gasteiger partial charge in [0.15, 0.2) is 11.2 Å². The van der Waals surface area contributed by atoms with Crippen molar-refractivity contribution in [3.05, 3.63) is 52.6 Å². The second-order valence-electron chi connectivity index (χ2n) is 4.33. The van der Waals surface area contributed by atoms with E-state index in [1.165, 1.54) is 6.33 Å². The van der Waals surface area contributed by atoms with Gasteiger partial charge in [-0.2, -0.15) is 4.98 Å². The van der Waals surface area contributed by atoms with Crippen molar-refractivity contribution in [3.8, 4) is 0 Å². The Hall–Kier alpha value is -2.63. The second-order valence-corrected chi connectivity index (χ2v) is 4.33. The van der Waals surface area contributed by atoms with E-state index in [1.54, 1.807) is 0 Å². The van der Waals surface area contributed by atoms with Crippen LogP contribution in [-0.4, -0.2) is 27.0 Å². The molecule has 96 valence electrons. The maximum atomic E-state index is 11.8.